The molecule has 0 fully saturated rings. The number of nitrogens with one attached hydrogen (secondary N) is 1. The molecule has 0 aromatic heterocycles. The fraction of sp³-hybridized carbons (Fsp3) is 0.818. The highest BCUT2D eigenvalue weighted by atomic mass is 32.2. The van der Waals surface area contributed by atoms with Crippen molar-refractivity contribution < 1.29 is 17.5 Å². The number of rotatable bonds is 8. The van der Waals surface area contributed by atoms with Gasteiger partial charge in [-0.15, -0.1) is 0 Å². The molecule has 0 aromatic carbocycles. The Morgan fingerprint density at radius 2 is 2.00 bits per heavy atom. The van der Waals surface area contributed by atoms with E-state index in [0.29, 0.717) is 17.4 Å². The van der Waals surface area contributed by atoms with E-state index in [1.165, 1.54) is 0 Å². The normalized spacial score (nSPS) is 14.6. The molecule has 0 aromatic rings. The van der Waals surface area contributed by atoms with Crippen LogP contribution < -0.4 is 5.32 Å². The smallest absolute Gasteiger partial charge is 0.265 e. The molecular formula is C11H25N2O3S+. The predicted octanol–water partition coefficient (Wildman–Crippen LogP) is 0.852. The molecule has 17 heavy (non-hydrogen) atoms. The molecule has 0 aliphatic heterocycles. The van der Waals surface area contributed by atoms with E-state index in [0.717, 1.165) is 12.1 Å². The molecule has 0 radical (unpaired) electrons. The first-order chi connectivity index (χ1) is 7.54. The van der Waals surface area contributed by atoms with Gasteiger partial charge in [0.25, 0.3) is 10.1 Å². The monoisotopic (exact) mass is 265 g/mol. The van der Waals surface area contributed by atoms with E-state index in [2.05, 4.69) is 18.8 Å². The highest BCUT2D eigenvalue weighted by Gasteiger charge is 2.23. The van der Waals surface area contributed by atoms with Crippen molar-refractivity contribution in [2.24, 2.45) is 0 Å². The molecule has 0 saturated carbocycles. The Bertz CT molecular complexity index is 350. The first-order valence-corrected chi connectivity index (χ1v) is 7.31. The molecule has 0 heterocycles. The fourth-order valence-electron chi connectivity index (χ4n) is 1.42. The Hall–Kier alpha value is -0.430. The standard InChI is InChI=1S/C11H24N2O3S/c1-10(2)9-12-11(3)13(4,5)7-6-8-17(14,15)16/h11-12H,1,6-9H2,2-5H3/p+1. The summed E-state index contributed by atoms with van der Waals surface area (Å²) in [5.74, 6) is -0.179. The summed E-state index contributed by atoms with van der Waals surface area (Å²) in [6.07, 6.45) is 0.651. The van der Waals surface area contributed by atoms with Crippen LogP contribution in [0.4, 0.5) is 0 Å². The van der Waals surface area contributed by atoms with Gasteiger partial charge < -0.3 is 4.48 Å². The fourth-order valence-corrected chi connectivity index (χ4v) is 1.91. The van der Waals surface area contributed by atoms with Crippen LogP contribution in [0, 0.1) is 0 Å². The lowest BCUT2D eigenvalue weighted by Gasteiger charge is -2.36. The Morgan fingerprint density at radius 1 is 1.47 bits per heavy atom. The zero-order valence-corrected chi connectivity index (χ0v) is 12.0. The van der Waals surface area contributed by atoms with Crippen molar-refractivity contribution in [2.45, 2.75) is 26.4 Å². The summed E-state index contributed by atoms with van der Waals surface area (Å²) in [6.45, 7) is 9.27. The van der Waals surface area contributed by atoms with Crippen molar-refractivity contribution in [1.29, 1.82) is 0 Å². The van der Waals surface area contributed by atoms with Crippen LogP contribution in [0.2, 0.25) is 0 Å². The largest absolute Gasteiger partial charge is 0.314 e. The third kappa shape index (κ3) is 8.31. The maximum atomic E-state index is 10.6. The third-order valence-electron chi connectivity index (χ3n) is 2.88. The second-order valence-corrected chi connectivity index (χ2v) is 6.73. The van der Waals surface area contributed by atoms with Crippen LogP contribution >= 0.6 is 0 Å². The van der Waals surface area contributed by atoms with E-state index < -0.39 is 10.1 Å². The van der Waals surface area contributed by atoms with Crippen LogP contribution in [-0.4, -0.2) is 56.6 Å². The first kappa shape index (κ1) is 16.6. The maximum absolute atomic E-state index is 10.6. The van der Waals surface area contributed by atoms with Gasteiger partial charge in [-0.1, -0.05) is 12.2 Å². The minimum Gasteiger partial charge on any atom is -0.314 e. The van der Waals surface area contributed by atoms with Crippen LogP contribution in [0.3, 0.4) is 0 Å². The lowest BCUT2D eigenvalue weighted by atomic mass is 10.3. The van der Waals surface area contributed by atoms with Gasteiger partial charge in [0.05, 0.1) is 26.4 Å². The van der Waals surface area contributed by atoms with E-state index in [9.17, 15) is 8.42 Å². The molecule has 102 valence electrons. The summed E-state index contributed by atoms with van der Waals surface area (Å²) in [5, 5.41) is 3.33. The van der Waals surface area contributed by atoms with E-state index >= 15 is 0 Å². The van der Waals surface area contributed by atoms with E-state index in [4.69, 9.17) is 4.55 Å². The number of nitrogens with zero attached hydrogens (tertiary/aromatic N) is 1. The van der Waals surface area contributed by atoms with Gasteiger partial charge >= 0.3 is 0 Å². The summed E-state index contributed by atoms with van der Waals surface area (Å²) >= 11 is 0. The summed E-state index contributed by atoms with van der Waals surface area (Å²) in [5.41, 5.74) is 1.06. The van der Waals surface area contributed by atoms with Crippen molar-refractivity contribution in [3.63, 3.8) is 0 Å². The second kappa shape index (κ2) is 6.49. The Balaban J connectivity index is 4.13. The Morgan fingerprint density at radius 3 is 2.41 bits per heavy atom. The van der Waals surface area contributed by atoms with Gasteiger partial charge in [0.1, 0.15) is 6.17 Å². The van der Waals surface area contributed by atoms with Crippen LogP contribution in [0.15, 0.2) is 12.2 Å². The average Bonchev–Trinajstić information content (AvgIpc) is 2.11. The van der Waals surface area contributed by atoms with Crippen molar-refractivity contribution in [2.75, 3.05) is 32.9 Å². The zero-order chi connectivity index (χ0) is 13.7. The molecule has 5 nitrogen and oxygen atoms in total. The van der Waals surface area contributed by atoms with Crippen molar-refractivity contribution in [3.8, 4) is 0 Å². The summed E-state index contributed by atoms with van der Waals surface area (Å²) < 4.78 is 30.6. The van der Waals surface area contributed by atoms with Crippen molar-refractivity contribution >= 4 is 10.1 Å². The highest BCUT2D eigenvalue weighted by Crippen LogP contribution is 2.06. The molecule has 0 aliphatic rings. The molecular weight excluding hydrogens is 240 g/mol. The molecule has 2 N–H and O–H groups in total. The molecule has 6 heteroatoms. The van der Waals surface area contributed by atoms with E-state index in [1.807, 2.05) is 21.0 Å². The van der Waals surface area contributed by atoms with Gasteiger partial charge in [-0.2, -0.15) is 8.42 Å². The lowest BCUT2D eigenvalue weighted by molar-refractivity contribution is -0.916. The quantitative estimate of drug-likeness (QED) is 0.295. The molecule has 0 bridgehead atoms. The van der Waals surface area contributed by atoms with Gasteiger partial charge in [0.15, 0.2) is 0 Å². The van der Waals surface area contributed by atoms with Crippen molar-refractivity contribution in [1.82, 2.24) is 5.32 Å². The molecule has 0 rings (SSSR count). The van der Waals surface area contributed by atoms with E-state index in [-0.39, 0.29) is 11.9 Å². The van der Waals surface area contributed by atoms with Crippen LogP contribution in [0.1, 0.15) is 20.3 Å². The van der Waals surface area contributed by atoms with Gasteiger partial charge in [0, 0.05) is 19.9 Å². The molecule has 1 unspecified atom stereocenters. The molecule has 1 atom stereocenters. The highest BCUT2D eigenvalue weighted by molar-refractivity contribution is 7.85. The van der Waals surface area contributed by atoms with Gasteiger partial charge in [-0.25, -0.2) is 0 Å². The van der Waals surface area contributed by atoms with Crippen LogP contribution in [-0.2, 0) is 10.1 Å². The molecule has 0 aliphatic carbocycles. The van der Waals surface area contributed by atoms with Crippen LogP contribution in [0.25, 0.3) is 0 Å². The SMILES string of the molecule is C=C(C)CNC(C)[N+](C)(C)CCCS(=O)(=O)O. The lowest BCUT2D eigenvalue weighted by Crippen LogP contribution is -2.55. The maximum Gasteiger partial charge on any atom is 0.265 e. The predicted molar refractivity (Wildman–Crippen MR) is 70.3 cm³/mol. The third-order valence-corrected chi connectivity index (χ3v) is 3.69. The summed E-state index contributed by atoms with van der Waals surface area (Å²) in [4.78, 5) is 0. The minimum atomic E-state index is -3.84. The molecule has 0 amide bonds. The van der Waals surface area contributed by atoms with Crippen molar-refractivity contribution in [3.05, 3.63) is 12.2 Å². The van der Waals surface area contributed by atoms with E-state index in [1.54, 1.807) is 0 Å². The molecule has 0 saturated heterocycles. The zero-order valence-electron chi connectivity index (χ0n) is 11.2. The van der Waals surface area contributed by atoms with Gasteiger partial charge in [0.2, 0.25) is 0 Å². The second-order valence-electron chi connectivity index (χ2n) is 5.16. The van der Waals surface area contributed by atoms with Gasteiger partial charge in [-0.3, -0.25) is 9.87 Å². The minimum absolute atomic E-state index is 0.179. The first-order valence-electron chi connectivity index (χ1n) is 5.70. The Labute approximate surface area is 105 Å². The average molecular weight is 265 g/mol. The summed E-state index contributed by atoms with van der Waals surface area (Å²) in [6, 6.07) is 0. The Kier molecular flexibility index (Phi) is 6.32. The topological polar surface area (TPSA) is 66.4 Å². The van der Waals surface area contributed by atoms with Crippen LogP contribution in [0.5, 0.6) is 0 Å². The molecule has 0 spiro atoms. The number of hydrogen-bond acceptors (Lipinski definition) is 3. The number of hydrogen-bond donors (Lipinski definition) is 2. The van der Waals surface area contributed by atoms with Gasteiger partial charge in [-0.05, 0) is 6.92 Å². The number of quaternary nitrogens is 1. The summed E-state index contributed by atoms with van der Waals surface area (Å²) in [7, 11) is 0.213.